The lowest BCUT2D eigenvalue weighted by molar-refractivity contribution is -0.142. The lowest BCUT2D eigenvalue weighted by Crippen LogP contribution is -2.26. The summed E-state index contributed by atoms with van der Waals surface area (Å²) in [6.07, 6.45) is 2.21. The number of nitrogens with zero attached hydrogens (tertiary/aromatic N) is 2. The second-order valence-electron chi connectivity index (χ2n) is 5.05. The Hall–Kier alpha value is -0.840. The number of carboxylic acids is 1. The minimum absolute atomic E-state index is 0.253. The van der Waals surface area contributed by atoms with Gasteiger partial charge in [-0.25, -0.2) is 4.98 Å². The monoisotopic (exact) mass is 300 g/mol. The lowest BCUT2D eigenvalue weighted by Gasteiger charge is -2.22. The van der Waals surface area contributed by atoms with Crippen molar-refractivity contribution in [1.29, 1.82) is 0 Å². The van der Waals surface area contributed by atoms with Crippen molar-refractivity contribution in [2.24, 2.45) is 11.8 Å². The molecule has 1 atom stereocenters. The zero-order chi connectivity index (χ0) is 12.6. The average molecular weight is 301 g/mol. The van der Waals surface area contributed by atoms with Gasteiger partial charge in [-0.2, -0.15) is 0 Å². The Morgan fingerprint density at radius 1 is 1.65 bits per heavy atom. The highest BCUT2D eigenvalue weighted by Gasteiger charge is 2.28. The number of imidazole rings is 1. The van der Waals surface area contributed by atoms with Crippen LogP contribution in [0.2, 0.25) is 0 Å². The van der Waals surface area contributed by atoms with Crippen molar-refractivity contribution >= 4 is 21.9 Å². The third kappa shape index (κ3) is 2.54. The maximum Gasteiger partial charge on any atom is 0.306 e. The molecule has 4 nitrogen and oxygen atoms in total. The first kappa shape index (κ1) is 12.6. The molecule has 0 fully saturated rings. The molecule has 1 aromatic rings. The van der Waals surface area contributed by atoms with Gasteiger partial charge in [-0.15, -0.1) is 0 Å². The van der Waals surface area contributed by atoms with Crippen molar-refractivity contribution in [3.63, 3.8) is 0 Å². The van der Waals surface area contributed by atoms with E-state index >= 15 is 0 Å². The molecule has 17 heavy (non-hydrogen) atoms. The second kappa shape index (κ2) is 4.80. The Balaban J connectivity index is 2.30. The summed E-state index contributed by atoms with van der Waals surface area (Å²) in [6.45, 7) is 5.05. The number of aliphatic carboxylic acids is 1. The van der Waals surface area contributed by atoms with E-state index in [2.05, 4.69) is 39.3 Å². The number of carbonyl (C=O) groups is 1. The van der Waals surface area contributed by atoms with Crippen LogP contribution < -0.4 is 0 Å². The first-order valence-corrected chi connectivity index (χ1v) is 6.75. The van der Waals surface area contributed by atoms with Crippen molar-refractivity contribution < 1.29 is 9.90 Å². The highest BCUT2D eigenvalue weighted by Crippen LogP contribution is 2.28. The number of fused-ring (bicyclic) bond motifs is 1. The Labute approximate surface area is 109 Å². The topological polar surface area (TPSA) is 55.1 Å². The molecule has 94 valence electrons. The molecule has 0 aromatic carbocycles. The number of hydrogen-bond donors (Lipinski definition) is 1. The fourth-order valence-electron chi connectivity index (χ4n) is 2.34. The molecular weight excluding hydrogens is 284 g/mol. The van der Waals surface area contributed by atoms with Crippen LogP contribution in [-0.2, 0) is 24.2 Å². The SMILES string of the molecule is CC(C)Cc1nc(Br)n2c1CC(C(=O)O)CC2. The molecule has 1 unspecified atom stereocenters. The van der Waals surface area contributed by atoms with Crippen molar-refractivity contribution in [2.45, 2.75) is 39.7 Å². The molecule has 2 heterocycles. The first-order valence-electron chi connectivity index (χ1n) is 5.95. The van der Waals surface area contributed by atoms with Crippen molar-refractivity contribution in [2.75, 3.05) is 0 Å². The minimum Gasteiger partial charge on any atom is -0.481 e. The minimum atomic E-state index is -0.691. The Bertz CT molecular complexity index is 440. The quantitative estimate of drug-likeness (QED) is 0.933. The molecule has 0 radical (unpaired) electrons. The van der Waals surface area contributed by atoms with Crippen LogP contribution in [0.1, 0.15) is 31.7 Å². The molecule has 1 N–H and O–H groups in total. The van der Waals surface area contributed by atoms with Crippen LogP contribution in [-0.4, -0.2) is 20.6 Å². The van der Waals surface area contributed by atoms with Gasteiger partial charge in [0.2, 0.25) is 0 Å². The molecule has 0 saturated heterocycles. The fraction of sp³-hybridized carbons (Fsp3) is 0.667. The molecule has 0 aliphatic carbocycles. The van der Waals surface area contributed by atoms with Crippen LogP contribution >= 0.6 is 15.9 Å². The zero-order valence-corrected chi connectivity index (χ0v) is 11.7. The standard InChI is InChI=1S/C12H17BrN2O2/c1-7(2)5-9-10-6-8(11(16)17)3-4-15(10)12(13)14-9/h7-8H,3-6H2,1-2H3,(H,16,17). The molecule has 1 aliphatic rings. The highest BCUT2D eigenvalue weighted by atomic mass is 79.9. The summed E-state index contributed by atoms with van der Waals surface area (Å²) in [5.74, 6) is -0.409. The van der Waals surface area contributed by atoms with Gasteiger partial charge < -0.3 is 9.67 Å². The number of carboxylic acid groups (broad SMARTS) is 1. The summed E-state index contributed by atoms with van der Waals surface area (Å²) < 4.78 is 2.95. The van der Waals surface area contributed by atoms with Gasteiger partial charge >= 0.3 is 5.97 Å². The maximum absolute atomic E-state index is 11.1. The van der Waals surface area contributed by atoms with E-state index in [4.69, 9.17) is 5.11 Å². The Morgan fingerprint density at radius 3 is 2.94 bits per heavy atom. The smallest absolute Gasteiger partial charge is 0.306 e. The fourth-order valence-corrected chi connectivity index (χ4v) is 2.95. The van der Waals surface area contributed by atoms with Crippen LogP contribution in [0.3, 0.4) is 0 Å². The molecule has 5 heteroatoms. The molecule has 0 spiro atoms. The van der Waals surface area contributed by atoms with E-state index in [0.717, 1.165) is 29.1 Å². The van der Waals surface area contributed by atoms with E-state index in [9.17, 15) is 4.79 Å². The number of hydrogen-bond acceptors (Lipinski definition) is 2. The van der Waals surface area contributed by atoms with Crippen LogP contribution in [0.5, 0.6) is 0 Å². The van der Waals surface area contributed by atoms with Gasteiger partial charge in [0.05, 0.1) is 11.6 Å². The predicted octanol–water partition coefficient (Wildman–Crippen LogP) is 2.49. The maximum atomic E-state index is 11.1. The van der Waals surface area contributed by atoms with E-state index < -0.39 is 5.97 Å². The lowest BCUT2D eigenvalue weighted by atomic mass is 9.93. The van der Waals surface area contributed by atoms with E-state index in [0.29, 0.717) is 18.8 Å². The number of halogens is 1. The van der Waals surface area contributed by atoms with Crippen LogP contribution in [0, 0.1) is 11.8 Å². The predicted molar refractivity (Wildman–Crippen MR) is 67.9 cm³/mol. The molecule has 2 rings (SSSR count). The third-order valence-corrected chi connectivity index (χ3v) is 3.81. The van der Waals surface area contributed by atoms with Gasteiger partial charge in [0.25, 0.3) is 0 Å². The van der Waals surface area contributed by atoms with E-state index in [1.807, 2.05) is 0 Å². The highest BCUT2D eigenvalue weighted by molar-refractivity contribution is 9.10. The van der Waals surface area contributed by atoms with Crippen LogP contribution in [0.4, 0.5) is 0 Å². The normalized spacial score (nSPS) is 19.4. The average Bonchev–Trinajstić information content (AvgIpc) is 2.54. The summed E-state index contributed by atoms with van der Waals surface area (Å²) in [5.41, 5.74) is 2.15. The Morgan fingerprint density at radius 2 is 2.35 bits per heavy atom. The van der Waals surface area contributed by atoms with Crippen LogP contribution in [0.25, 0.3) is 0 Å². The van der Waals surface area contributed by atoms with Crippen LogP contribution in [0.15, 0.2) is 4.73 Å². The molecule has 1 aliphatic heterocycles. The third-order valence-electron chi connectivity index (χ3n) is 3.20. The summed E-state index contributed by atoms with van der Waals surface area (Å²) in [6, 6.07) is 0. The van der Waals surface area contributed by atoms with E-state index in [-0.39, 0.29) is 5.92 Å². The summed E-state index contributed by atoms with van der Waals surface area (Å²) in [4.78, 5) is 15.6. The number of aromatic nitrogens is 2. The van der Waals surface area contributed by atoms with Crippen molar-refractivity contribution in [3.8, 4) is 0 Å². The van der Waals surface area contributed by atoms with Gasteiger partial charge in [0.1, 0.15) is 0 Å². The van der Waals surface area contributed by atoms with E-state index in [1.165, 1.54) is 0 Å². The first-order chi connectivity index (χ1) is 7.99. The molecule has 1 aromatic heterocycles. The largest absolute Gasteiger partial charge is 0.481 e. The van der Waals surface area contributed by atoms with Gasteiger partial charge in [-0.3, -0.25) is 4.79 Å². The van der Waals surface area contributed by atoms with Gasteiger partial charge in [0.15, 0.2) is 4.73 Å². The molecule has 0 saturated carbocycles. The second-order valence-corrected chi connectivity index (χ2v) is 5.76. The summed E-state index contributed by atoms with van der Waals surface area (Å²) in [7, 11) is 0. The molecule has 0 amide bonds. The molecule has 0 bridgehead atoms. The Kier molecular flexibility index (Phi) is 3.56. The van der Waals surface area contributed by atoms with Crippen molar-refractivity contribution in [1.82, 2.24) is 9.55 Å². The number of rotatable bonds is 3. The van der Waals surface area contributed by atoms with Crippen molar-refractivity contribution in [3.05, 3.63) is 16.1 Å². The van der Waals surface area contributed by atoms with Gasteiger partial charge in [-0.05, 0) is 34.7 Å². The van der Waals surface area contributed by atoms with Gasteiger partial charge in [-0.1, -0.05) is 13.8 Å². The summed E-state index contributed by atoms with van der Waals surface area (Å²) >= 11 is 3.45. The summed E-state index contributed by atoms with van der Waals surface area (Å²) in [5, 5.41) is 9.10. The van der Waals surface area contributed by atoms with E-state index in [1.54, 1.807) is 0 Å². The molecular formula is C12H17BrN2O2. The van der Waals surface area contributed by atoms with Gasteiger partial charge in [0, 0.05) is 18.7 Å². The zero-order valence-electron chi connectivity index (χ0n) is 10.1.